The molecule has 0 radical (unpaired) electrons. The molecular weight excluding hydrogens is 186 g/mol. The van der Waals surface area contributed by atoms with Crippen LogP contribution in [0.3, 0.4) is 0 Å². The zero-order valence-corrected chi connectivity index (χ0v) is 10.6. The molecule has 1 aliphatic heterocycles. The van der Waals surface area contributed by atoms with Crippen LogP contribution in [0.4, 0.5) is 0 Å². The molecule has 90 valence electrons. The van der Waals surface area contributed by atoms with E-state index in [2.05, 4.69) is 26.2 Å². The molecule has 0 amide bonds. The third kappa shape index (κ3) is 4.12. The van der Waals surface area contributed by atoms with Gasteiger partial charge in [0, 0.05) is 19.8 Å². The van der Waals surface area contributed by atoms with Gasteiger partial charge in [0.2, 0.25) is 0 Å². The van der Waals surface area contributed by atoms with Gasteiger partial charge in [-0.15, -0.1) is 0 Å². The third-order valence-electron chi connectivity index (χ3n) is 3.67. The quantitative estimate of drug-likeness (QED) is 0.732. The summed E-state index contributed by atoms with van der Waals surface area (Å²) in [5, 5.41) is 3.37. The Morgan fingerprint density at radius 1 is 1.33 bits per heavy atom. The summed E-state index contributed by atoms with van der Waals surface area (Å²) >= 11 is 0. The Kier molecular flexibility index (Phi) is 5.62. The van der Waals surface area contributed by atoms with Gasteiger partial charge in [-0.05, 0) is 37.6 Å². The van der Waals surface area contributed by atoms with Crippen molar-refractivity contribution in [1.29, 1.82) is 0 Å². The summed E-state index contributed by atoms with van der Waals surface area (Å²) in [6, 6.07) is 0. The smallest absolute Gasteiger partial charge is 0.0471 e. The molecule has 0 aliphatic carbocycles. The summed E-state index contributed by atoms with van der Waals surface area (Å²) < 4.78 is 5.48. The first-order valence-corrected chi connectivity index (χ1v) is 6.45. The summed E-state index contributed by atoms with van der Waals surface area (Å²) in [7, 11) is 2.07. The second-order valence-electron chi connectivity index (χ2n) is 5.24. The maximum atomic E-state index is 5.48. The summed E-state index contributed by atoms with van der Waals surface area (Å²) in [6.07, 6.45) is 6.52. The van der Waals surface area contributed by atoms with E-state index >= 15 is 0 Å². The maximum absolute atomic E-state index is 5.48. The molecule has 1 heterocycles. The Labute approximate surface area is 94.8 Å². The first-order chi connectivity index (χ1) is 7.22. The van der Waals surface area contributed by atoms with Gasteiger partial charge in [-0.3, -0.25) is 0 Å². The van der Waals surface area contributed by atoms with Crippen molar-refractivity contribution in [2.45, 2.75) is 46.0 Å². The predicted molar refractivity (Wildman–Crippen MR) is 65.1 cm³/mol. The molecule has 1 rings (SSSR count). The van der Waals surface area contributed by atoms with E-state index in [1.807, 2.05) is 0 Å². The van der Waals surface area contributed by atoms with Crippen molar-refractivity contribution in [3.63, 3.8) is 0 Å². The Bertz CT molecular complexity index is 158. The third-order valence-corrected chi connectivity index (χ3v) is 3.67. The van der Waals surface area contributed by atoms with Crippen molar-refractivity contribution >= 4 is 0 Å². The Hall–Kier alpha value is -0.0800. The van der Waals surface area contributed by atoms with Crippen LogP contribution >= 0.6 is 0 Å². The minimum atomic E-state index is 0.515. The molecule has 1 aliphatic rings. The summed E-state index contributed by atoms with van der Waals surface area (Å²) in [6.45, 7) is 7.76. The maximum Gasteiger partial charge on any atom is 0.0471 e. The van der Waals surface area contributed by atoms with Gasteiger partial charge in [0.05, 0.1) is 0 Å². The van der Waals surface area contributed by atoms with E-state index in [9.17, 15) is 0 Å². The van der Waals surface area contributed by atoms with E-state index in [0.717, 1.165) is 25.7 Å². The number of hydrogen-bond acceptors (Lipinski definition) is 2. The second kappa shape index (κ2) is 6.49. The van der Waals surface area contributed by atoms with Crippen LogP contribution in [0, 0.1) is 11.3 Å². The fourth-order valence-corrected chi connectivity index (χ4v) is 2.97. The topological polar surface area (TPSA) is 21.3 Å². The van der Waals surface area contributed by atoms with Crippen LogP contribution in [0.15, 0.2) is 0 Å². The van der Waals surface area contributed by atoms with Crippen LogP contribution in [0.5, 0.6) is 0 Å². The van der Waals surface area contributed by atoms with Gasteiger partial charge in [-0.25, -0.2) is 0 Å². The van der Waals surface area contributed by atoms with Crippen LogP contribution in [0.2, 0.25) is 0 Å². The molecule has 2 heteroatoms. The van der Waals surface area contributed by atoms with E-state index in [0.29, 0.717) is 5.41 Å². The number of hydrogen-bond donors (Lipinski definition) is 1. The molecule has 1 unspecified atom stereocenters. The average Bonchev–Trinajstić information content (AvgIpc) is 2.19. The van der Waals surface area contributed by atoms with E-state index < -0.39 is 0 Å². The lowest BCUT2D eigenvalue weighted by Gasteiger charge is -2.39. The van der Waals surface area contributed by atoms with Crippen LogP contribution in [0.25, 0.3) is 0 Å². The number of ether oxygens (including phenoxy) is 1. The molecule has 1 fully saturated rings. The normalized spacial score (nSPS) is 22.6. The summed E-state index contributed by atoms with van der Waals surface area (Å²) in [5.74, 6) is 0.862. The number of nitrogens with one attached hydrogen (secondary N) is 1. The monoisotopic (exact) mass is 213 g/mol. The standard InChI is InChI=1S/C13H27NO/c1-4-5-12(2)10-13(11-14-3)6-8-15-9-7-13/h12,14H,4-11H2,1-3H3. The second-order valence-corrected chi connectivity index (χ2v) is 5.24. The molecule has 0 saturated carbocycles. The van der Waals surface area contributed by atoms with Crippen molar-refractivity contribution < 1.29 is 4.74 Å². The highest BCUT2D eigenvalue weighted by Gasteiger charge is 2.32. The Balaban J connectivity index is 2.47. The molecule has 2 nitrogen and oxygen atoms in total. The SMILES string of the molecule is CCCC(C)CC1(CNC)CCOCC1. The Morgan fingerprint density at radius 3 is 2.53 bits per heavy atom. The molecule has 1 saturated heterocycles. The molecular formula is C13H27NO. The largest absolute Gasteiger partial charge is 0.381 e. The van der Waals surface area contributed by atoms with Crippen LogP contribution < -0.4 is 5.32 Å². The highest BCUT2D eigenvalue weighted by molar-refractivity contribution is 4.85. The lowest BCUT2D eigenvalue weighted by molar-refractivity contribution is 0.00357. The molecule has 0 bridgehead atoms. The first-order valence-electron chi connectivity index (χ1n) is 6.45. The van der Waals surface area contributed by atoms with E-state index in [-0.39, 0.29) is 0 Å². The van der Waals surface area contributed by atoms with Crippen LogP contribution in [-0.2, 0) is 4.74 Å². The minimum absolute atomic E-state index is 0.515. The Morgan fingerprint density at radius 2 is 2.00 bits per heavy atom. The molecule has 1 atom stereocenters. The predicted octanol–water partition coefficient (Wildman–Crippen LogP) is 2.83. The zero-order chi connectivity index (χ0) is 11.1. The lowest BCUT2D eigenvalue weighted by atomic mass is 9.73. The van der Waals surface area contributed by atoms with E-state index in [1.54, 1.807) is 0 Å². The van der Waals surface area contributed by atoms with Gasteiger partial charge in [0.25, 0.3) is 0 Å². The van der Waals surface area contributed by atoms with Gasteiger partial charge < -0.3 is 10.1 Å². The fraction of sp³-hybridized carbons (Fsp3) is 1.00. The summed E-state index contributed by atoms with van der Waals surface area (Å²) in [5.41, 5.74) is 0.515. The molecule has 0 spiro atoms. The van der Waals surface area contributed by atoms with Crippen molar-refractivity contribution in [2.24, 2.45) is 11.3 Å². The van der Waals surface area contributed by atoms with Crippen LogP contribution in [-0.4, -0.2) is 26.8 Å². The van der Waals surface area contributed by atoms with Gasteiger partial charge in [0.1, 0.15) is 0 Å². The van der Waals surface area contributed by atoms with Crippen molar-refractivity contribution in [3.8, 4) is 0 Å². The number of rotatable bonds is 6. The summed E-state index contributed by atoms with van der Waals surface area (Å²) in [4.78, 5) is 0. The molecule has 0 aromatic heterocycles. The van der Waals surface area contributed by atoms with E-state index in [4.69, 9.17) is 4.74 Å². The fourth-order valence-electron chi connectivity index (χ4n) is 2.97. The average molecular weight is 213 g/mol. The van der Waals surface area contributed by atoms with Gasteiger partial charge in [-0.1, -0.05) is 26.7 Å². The molecule has 0 aromatic rings. The van der Waals surface area contributed by atoms with Gasteiger partial charge >= 0.3 is 0 Å². The highest BCUT2D eigenvalue weighted by Crippen LogP contribution is 2.37. The van der Waals surface area contributed by atoms with Gasteiger partial charge in [-0.2, -0.15) is 0 Å². The first kappa shape index (κ1) is 13.0. The lowest BCUT2D eigenvalue weighted by Crippen LogP contribution is -2.39. The van der Waals surface area contributed by atoms with Crippen LogP contribution in [0.1, 0.15) is 46.0 Å². The molecule has 15 heavy (non-hydrogen) atoms. The van der Waals surface area contributed by atoms with Crippen molar-refractivity contribution in [1.82, 2.24) is 5.32 Å². The molecule has 0 aromatic carbocycles. The van der Waals surface area contributed by atoms with E-state index in [1.165, 1.54) is 32.1 Å². The minimum Gasteiger partial charge on any atom is -0.381 e. The highest BCUT2D eigenvalue weighted by atomic mass is 16.5. The zero-order valence-electron chi connectivity index (χ0n) is 10.6. The van der Waals surface area contributed by atoms with Gasteiger partial charge in [0.15, 0.2) is 0 Å². The van der Waals surface area contributed by atoms with Crippen molar-refractivity contribution in [3.05, 3.63) is 0 Å². The molecule has 1 N–H and O–H groups in total. The van der Waals surface area contributed by atoms with Crippen molar-refractivity contribution in [2.75, 3.05) is 26.8 Å².